The van der Waals surface area contributed by atoms with E-state index in [4.69, 9.17) is 10.00 Å². The number of carbonyl (C=O) groups excluding carboxylic acids is 2. The highest BCUT2D eigenvalue weighted by molar-refractivity contribution is 6.39. The first kappa shape index (κ1) is 14.5. The molecule has 0 spiro atoms. The Morgan fingerprint density at radius 2 is 1.95 bits per heavy atom. The molecule has 1 aromatic carbocycles. The van der Waals surface area contributed by atoms with Crippen LogP contribution >= 0.6 is 0 Å². The molecule has 0 heterocycles. The highest BCUT2D eigenvalue weighted by Gasteiger charge is 2.12. The smallest absolute Gasteiger partial charge is 0.313 e. The Hall–Kier alpha value is -2.55. The van der Waals surface area contributed by atoms with E-state index in [9.17, 15) is 9.59 Å². The van der Waals surface area contributed by atoms with Gasteiger partial charge in [0.25, 0.3) is 0 Å². The van der Waals surface area contributed by atoms with Crippen molar-refractivity contribution in [3.63, 3.8) is 0 Å². The Labute approximate surface area is 111 Å². The number of benzene rings is 1. The molecule has 0 unspecified atom stereocenters. The molecule has 0 aromatic heterocycles. The van der Waals surface area contributed by atoms with Crippen LogP contribution in [0.25, 0.3) is 0 Å². The molecule has 1 aromatic rings. The molecule has 19 heavy (non-hydrogen) atoms. The van der Waals surface area contributed by atoms with Gasteiger partial charge in [-0.2, -0.15) is 5.26 Å². The SMILES string of the molecule is CCCOc1ccc(NC(=O)C(=O)NCC#N)cc1. The highest BCUT2D eigenvalue weighted by atomic mass is 16.5. The highest BCUT2D eigenvalue weighted by Crippen LogP contribution is 2.15. The van der Waals surface area contributed by atoms with Crippen LogP contribution in [-0.2, 0) is 9.59 Å². The van der Waals surface area contributed by atoms with E-state index in [2.05, 4.69) is 10.6 Å². The Balaban J connectivity index is 2.51. The topological polar surface area (TPSA) is 91.2 Å². The maximum Gasteiger partial charge on any atom is 0.313 e. The van der Waals surface area contributed by atoms with Gasteiger partial charge in [-0.3, -0.25) is 9.59 Å². The van der Waals surface area contributed by atoms with E-state index in [0.717, 1.165) is 6.42 Å². The predicted molar refractivity (Wildman–Crippen MR) is 69.5 cm³/mol. The summed E-state index contributed by atoms with van der Waals surface area (Å²) in [7, 11) is 0. The van der Waals surface area contributed by atoms with Crippen molar-refractivity contribution >= 4 is 17.5 Å². The van der Waals surface area contributed by atoms with E-state index in [1.54, 1.807) is 30.3 Å². The van der Waals surface area contributed by atoms with Crippen LogP contribution in [0.5, 0.6) is 5.75 Å². The third-order valence-electron chi connectivity index (χ3n) is 2.12. The fourth-order valence-corrected chi connectivity index (χ4v) is 1.24. The molecule has 0 radical (unpaired) electrons. The molecule has 6 nitrogen and oxygen atoms in total. The zero-order chi connectivity index (χ0) is 14.1. The number of anilines is 1. The van der Waals surface area contributed by atoms with E-state index < -0.39 is 11.8 Å². The van der Waals surface area contributed by atoms with Crippen LogP contribution < -0.4 is 15.4 Å². The van der Waals surface area contributed by atoms with Crippen molar-refractivity contribution in [3.8, 4) is 11.8 Å². The molecule has 2 N–H and O–H groups in total. The van der Waals surface area contributed by atoms with Crippen LogP contribution in [0.2, 0.25) is 0 Å². The van der Waals surface area contributed by atoms with E-state index in [1.807, 2.05) is 6.92 Å². The summed E-state index contributed by atoms with van der Waals surface area (Å²) in [6, 6.07) is 8.41. The van der Waals surface area contributed by atoms with Crippen LogP contribution in [0.1, 0.15) is 13.3 Å². The second-order valence-electron chi connectivity index (χ2n) is 3.67. The monoisotopic (exact) mass is 261 g/mol. The van der Waals surface area contributed by atoms with E-state index in [0.29, 0.717) is 18.0 Å². The Morgan fingerprint density at radius 1 is 1.26 bits per heavy atom. The second kappa shape index (κ2) is 7.71. The summed E-state index contributed by atoms with van der Waals surface area (Å²) in [5.74, 6) is -0.945. The normalized spacial score (nSPS) is 9.26. The maximum atomic E-state index is 11.4. The van der Waals surface area contributed by atoms with Gasteiger partial charge >= 0.3 is 11.8 Å². The number of hydrogen-bond donors (Lipinski definition) is 2. The van der Waals surface area contributed by atoms with Gasteiger partial charge in [-0.15, -0.1) is 0 Å². The molecule has 0 fully saturated rings. The van der Waals surface area contributed by atoms with E-state index in [1.165, 1.54) is 0 Å². The van der Waals surface area contributed by atoms with Gasteiger partial charge in [0, 0.05) is 5.69 Å². The van der Waals surface area contributed by atoms with Gasteiger partial charge in [-0.25, -0.2) is 0 Å². The number of amides is 2. The van der Waals surface area contributed by atoms with Crippen molar-refractivity contribution in [1.82, 2.24) is 5.32 Å². The van der Waals surface area contributed by atoms with Gasteiger partial charge in [0.05, 0.1) is 12.7 Å². The first-order valence-corrected chi connectivity index (χ1v) is 5.86. The molecule has 0 aliphatic rings. The minimum Gasteiger partial charge on any atom is -0.494 e. The minimum atomic E-state index is -0.840. The lowest BCUT2D eigenvalue weighted by molar-refractivity contribution is -0.136. The lowest BCUT2D eigenvalue weighted by Gasteiger charge is -2.07. The quantitative estimate of drug-likeness (QED) is 0.612. The van der Waals surface area contributed by atoms with Crippen molar-refractivity contribution in [2.24, 2.45) is 0 Å². The second-order valence-corrected chi connectivity index (χ2v) is 3.67. The summed E-state index contributed by atoms with van der Waals surface area (Å²) < 4.78 is 5.39. The average molecular weight is 261 g/mol. The number of rotatable bonds is 5. The largest absolute Gasteiger partial charge is 0.494 e. The lowest BCUT2D eigenvalue weighted by atomic mass is 10.3. The van der Waals surface area contributed by atoms with Crippen molar-refractivity contribution in [1.29, 1.82) is 5.26 Å². The van der Waals surface area contributed by atoms with Gasteiger partial charge < -0.3 is 15.4 Å². The zero-order valence-electron chi connectivity index (χ0n) is 10.6. The molecule has 100 valence electrons. The summed E-state index contributed by atoms with van der Waals surface area (Å²) >= 11 is 0. The van der Waals surface area contributed by atoms with Crippen molar-refractivity contribution in [3.05, 3.63) is 24.3 Å². The number of ether oxygens (including phenoxy) is 1. The van der Waals surface area contributed by atoms with Crippen molar-refractivity contribution in [2.75, 3.05) is 18.5 Å². The van der Waals surface area contributed by atoms with Gasteiger partial charge in [0.15, 0.2) is 0 Å². The molecule has 0 atom stereocenters. The summed E-state index contributed by atoms with van der Waals surface area (Å²) in [4.78, 5) is 22.6. The number of hydrogen-bond acceptors (Lipinski definition) is 4. The summed E-state index contributed by atoms with van der Waals surface area (Å²) in [5, 5.41) is 12.9. The first-order chi connectivity index (χ1) is 9.17. The summed E-state index contributed by atoms with van der Waals surface area (Å²) in [6.07, 6.45) is 0.914. The molecule has 0 saturated heterocycles. The molecule has 0 aliphatic carbocycles. The lowest BCUT2D eigenvalue weighted by Crippen LogP contribution is -2.35. The maximum absolute atomic E-state index is 11.4. The predicted octanol–water partition coefficient (Wildman–Crippen LogP) is 1.05. The number of nitrogens with one attached hydrogen (secondary N) is 2. The van der Waals surface area contributed by atoms with Crippen LogP contribution in [0.3, 0.4) is 0 Å². The Morgan fingerprint density at radius 3 is 2.53 bits per heavy atom. The van der Waals surface area contributed by atoms with Gasteiger partial charge in [0.1, 0.15) is 12.3 Å². The molecule has 0 bridgehead atoms. The molecule has 0 aliphatic heterocycles. The molecule has 6 heteroatoms. The zero-order valence-corrected chi connectivity index (χ0v) is 10.6. The molecular weight excluding hydrogens is 246 g/mol. The number of carbonyl (C=O) groups is 2. The molecule has 0 saturated carbocycles. The van der Waals surface area contributed by atoms with Crippen LogP contribution in [0.15, 0.2) is 24.3 Å². The third kappa shape index (κ3) is 5.08. The minimum absolute atomic E-state index is 0.198. The van der Waals surface area contributed by atoms with Crippen LogP contribution in [-0.4, -0.2) is 25.0 Å². The van der Waals surface area contributed by atoms with Gasteiger partial charge in [-0.1, -0.05) is 6.92 Å². The van der Waals surface area contributed by atoms with Gasteiger partial charge in [0.2, 0.25) is 0 Å². The fourth-order valence-electron chi connectivity index (χ4n) is 1.24. The number of nitriles is 1. The van der Waals surface area contributed by atoms with Crippen LogP contribution in [0, 0.1) is 11.3 Å². The van der Waals surface area contributed by atoms with E-state index >= 15 is 0 Å². The fraction of sp³-hybridized carbons (Fsp3) is 0.308. The molecular formula is C13H15N3O3. The standard InChI is InChI=1S/C13H15N3O3/c1-2-9-19-11-5-3-10(4-6-11)16-13(18)12(17)15-8-7-14/h3-6H,2,8-9H2,1H3,(H,15,17)(H,16,18). The first-order valence-electron chi connectivity index (χ1n) is 5.86. The average Bonchev–Trinajstić information content (AvgIpc) is 2.43. The summed E-state index contributed by atoms with van der Waals surface area (Å²) in [5.41, 5.74) is 0.487. The van der Waals surface area contributed by atoms with Crippen molar-refractivity contribution < 1.29 is 14.3 Å². The third-order valence-corrected chi connectivity index (χ3v) is 2.12. The Bertz CT molecular complexity index is 477. The molecule has 2 amide bonds. The van der Waals surface area contributed by atoms with Crippen molar-refractivity contribution in [2.45, 2.75) is 13.3 Å². The number of nitrogens with zero attached hydrogens (tertiary/aromatic N) is 1. The van der Waals surface area contributed by atoms with E-state index in [-0.39, 0.29) is 6.54 Å². The Kier molecular flexibility index (Phi) is 5.89. The molecule has 1 rings (SSSR count). The van der Waals surface area contributed by atoms with Gasteiger partial charge in [-0.05, 0) is 30.7 Å². The summed E-state index contributed by atoms with van der Waals surface area (Å²) in [6.45, 7) is 2.44. The van der Waals surface area contributed by atoms with Crippen LogP contribution in [0.4, 0.5) is 5.69 Å².